The first-order chi connectivity index (χ1) is 14.8. The SMILES string of the molecule is COC(=O)c1cccc(NC(=O)c2cc(S(=O)(=O)N3CCCCC3)ccc2OC)c1C. The van der Waals surface area contributed by atoms with Crippen molar-refractivity contribution in [1.29, 1.82) is 0 Å². The Kier molecular flexibility index (Phi) is 6.97. The molecule has 166 valence electrons. The number of rotatable bonds is 6. The van der Waals surface area contributed by atoms with E-state index in [1.54, 1.807) is 25.1 Å². The molecule has 1 aliphatic rings. The average Bonchev–Trinajstić information content (AvgIpc) is 2.80. The highest BCUT2D eigenvalue weighted by Crippen LogP contribution is 2.28. The molecule has 0 aliphatic carbocycles. The fourth-order valence-electron chi connectivity index (χ4n) is 3.57. The summed E-state index contributed by atoms with van der Waals surface area (Å²) in [5, 5.41) is 2.74. The largest absolute Gasteiger partial charge is 0.496 e. The standard InChI is InChI=1S/C22H26N2O6S/c1-15-17(22(26)30-3)8-7-9-19(15)23-21(25)18-14-16(10-11-20(18)29-2)31(27,28)24-12-5-4-6-13-24/h7-11,14H,4-6,12-13H2,1-3H3,(H,23,25). The zero-order chi connectivity index (χ0) is 22.6. The van der Waals surface area contributed by atoms with Gasteiger partial charge < -0.3 is 14.8 Å². The molecule has 0 saturated carbocycles. The van der Waals surface area contributed by atoms with Crippen molar-refractivity contribution in [2.45, 2.75) is 31.1 Å². The average molecular weight is 447 g/mol. The van der Waals surface area contributed by atoms with Gasteiger partial charge in [-0.1, -0.05) is 12.5 Å². The number of carbonyl (C=O) groups is 2. The van der Waals surface area contributed by atoms with Crippen LogP contribution in [0.25, 0.3) is 0 Å². The van der Waals surface area contributed by atoms with Crippen LogP contribution in [0.4, 0.5) is 5.69 Å². The molecule has 31 heavy (non-hydrogen) atoms. The summed E-state index contributed by atoms with van der Waals surface area (Å²) in [6.07, 6.45) is 2.64. The van der Waals surface area contributed by atoms with Crippen molar-refractivity contribution in [3.8, 4) is 5.75 Å². The van der Waals surface area contributed by atoms with Crippen LogP contribution >= 0.6 is 0 Å². The molecule has 0 atom stereocenters. The smallest absolute Gasteiger partial charge is 0.338 e. The van der Waals surface area contributed by atoms with Gasteiger partial charge >= 0.3 is 5.97 Å². The Morgan fingerprint density at radius 2 is 1.71 bits per heavy atom. The number of nitrogens with one attached hydrogen (secondary N) is 1. The molecule has 3 rings (SSSR count). The Bertz CT molecular complexity index is 1090. The zero-order valence-electron chi connectivity index (χ0n) is 17.8. The van der Waals surface area contributed by atoms with Gasteiger partial charge in [0.1, 0.15) is 5.75 Å². The van der Waals surface area contributed by atoms with Crippen molar-refractivity contribution in [1.82, 2.24) is 4.31 Å². The van der Waals surface area contributed by atoms with Gasteiger partial charge in [-0.2, -0.15) is 4.31 Å². The minimum absolute atomic E-state index is 0.0420. The predicted octanol–water partition coefficient (Wildman–Crippen LogP) is 3.22. The van der Waals surface area contributed by atoms with Crippen molar-refractivity contribution < 1.29 is 27.5 Å². The van der Waals surface area contributed by atoms with E-state index in [9.17, 15) is 18.0 Å². The monoisotopic (exact) mass is 446 g/mol. The first kappa shape index (κ1) is 22.8. The van der Waals surface area contributed by atoms with E-state index in [-0.39, 0.29) is 16.2 Å². The van der Waals surface area contributed by atoms with E-state index in [4.69, 9.17) is 9.47 Å². The number of carbonyl (C=O) groups excluding carboxylic acids is 2. The summed E-state index contributed by atoms with van der Waals surface area (Å²) in [5.74, 6) is -0.810. The molecule has 1 aliphatic heterocycles. The van der Waals surface area contributed by atoms with Gasteiger partial charge in [0.25, 0.3) is 5.91 Å². The van der Waals surface area contributed by atoms with Gasteiger partial charge in [0.05, 0.1) is 30.2 Å². The molecule has 2 aromatic carbocycles. The minimum atomic E-state index is -3.71. The lowest BCUT2D eigenvalue weighted by Gasteiger charge is -2.26. The fraction of sp³-hybridized carbons (Fsp3) is 0.364. The van der Waals surface area contributed by atoms with Crippen LogP contribution in [0.5, 0.6) is 5.75 Å². The van der Waals surface area contributed by atoms with Gasteiger partial charge in [-0.15, -0.1) is 0 Å². The molecule has 1 saturated heterocycles. The van der Waals surface area contributed by atoms with Gasteiger partial charge in [-0.25, -0.2) is 13.2 Å². The molecular formula is C22H26N2O6S. The highest BCUT2D eigenvalue weighted by molar-refractivity contribution is 7.89. The van der Waals surface area contributed by atoms with Crippen LogP contribution in [0, 0.1) is 6.92 Å². The number of benzene rings is 2. The van der Waals surface area contributed by atoms with E-state index in [1.807, 2.05) is 0 Å². The number of amides is 1. The summed E-state index contributed by atoms with van der Waals surface area (Å²) in [5.41, 5.74) is 1.37. The summed E-state index contributed by atoms with van der Waals surface area (Å²) in [4.78, 5) is 25.0. The summed E-state index contributed by atoms with van der Waals surface area (Å²) < 4.78 is 37.6. The minimum Gasteiger partial charge on any atom is -0.496 e. The van der Waals surface area contributed by atoms with Crippen LogP contribution in [0.15, 0.2) is 41.3 Å². The Morgan fingerprint density at radius 1 is 1.00 bits per heavy atom. The number of hydrogen-bond donors (Lipinski definition) is 1. The molecule has 1 amide bonds. The van der Waals surface area contributed by atoms with E-state index in [0.29, 0.717) is 29.9 Å². The molecule has 8 nitrogen and oxygen atoms in total. The molecule has 0 aromatic heterocycles. The summed E-state index contributed by atoms with van der Waals surface area (Å²) >= 11 is 0. The first-order valence-corrected chi connectivity index (χ1v) is 11.4. The molecule has 2 aromatic rings. The second-order valence-corrected chi connectivity index (χ2v) is 9.19. The summed E-state index contributed by atoms with van der Waals surface area (Å²) in [6, 6.07) is 9.14. The Labute approximate surface area is 182 Å². The number of ether oxygens (including phenoxy) is 2. The first-order valence-electron chi connectivity index (χ1n) is 9.97. The van der Waals surface area contributed by atoms with Crippen LogP contribution in [0.2, 0.25) is 0 Å². The highest BCUT2D eigenvalue weighted by atomic mass is 32.2. The van der Waals surface area contributed by atoms with Crippen LogP contribution in [0.1, 0.15) is 45.5 Å². The van der Waals surface area contributed by atoms with Crippen LogP contribution in [0.3, 0.4) is 0 Å². The number of esters is 1. The van der Waals surface area contributed by atoms with Gasteiger partial charge in [0, 0.05) is 18.8 Å². The third kappa shape index (κ3) is 4.72. The second kappa shape index (κ2) is 9.49. The lowest BCUT2D eigenvalue weighted by Crippen LogP contribution is -2.35. The molecule has 0 radical (unpaired) electrons. The lowest BCUT2D eigenvalue weighted by atomic mass is 10.1. The van der Waals surface area contributed by atoms with E-state index < -0.39 is 21.9 Å². The predicted molar refractivity (Wildman–Crippen MR) is 116 cm³/mol. The van der Waals surface area contributed by atoms with Crippen molar-refractivity contribution >= 4 is 27.6 Å². The summed E-state index contributed by atoms with van der Waals surface area (Å²) in [7, 11) is -1.01. The van der Waals surface area contributed by atoms with E-state index in [1.165, 1.54) is 36.7 Å². The van der Waals surface area contributed by atoms with Gasteiger partial charge in [0.2, 0.25) is 10.0 Å². The third-order valence-electron chi connectivity index (χ3n) is 5.36. The maximum atomic E-state index is 13.0. The molecule has 1 heterocycles. The number of nitrogens with zero attached hydrogens (tertiary/aromatic N) is 1. The maximum Gasteiger partial charge on any atom is 0.338 e. The molecule has 0 spiro atoms. The quantitative estimate of drug-likeness (QED) is 0.684. The number of hydrogen-bond acceptors (Lipinski definition) is 6. The normalized spacial score (nSPS) is 14.7. The molecule has 1 fully saturated rings. The molecule has 0 unspecified atom stereocenters. The van der Waals surface area contributed by atoms with E-state index in [0.717, 1.165) is 19.3 Å². The molecule has 0 bridgehead atoms. The Morgan fingerprint density at radius 3 is 2.35 bits per heavy atom. The van der Waals surface area contributed by atoms with E-state index >= 15 is 0 Å². The number of sulfonamides is 1. The molecule has 1 N–H and O–H groups in total. The topological polar surface area (TPSA) is 102 Å². The second-order valence-electron chi connectivity index (χ2n) is 7.25. The van der Waals surface area contributed by atoms with Crippen molar-refractivity contribution in [3.05, 3.63) is 53.1 Å². The lowest BCUT2D eigenvalue weighted by molar-refractivity contribution is 0.0599. The van der Waals surface area contributed by atoms with Gasteiger partial charge in [-0.05, 0) is 55.7 Å². The van der Waals surface area contributed by atoms with Crippen LogP contribution < -0.4 is 10.1 Å². The Balaban J connectivity index is 1.94. The van der Waals surface area contributed by atoms with Crippen molar-refractivity contribution in [3.63, 3.8) is 0 Å². The summed E-state index contributed by atoms with van der Waals surface area (Å²) in [6.45, 7) is 2.63. The van der Waals surface area contributed by atoms with Crippen molar-refractivity contribution in [2.24, 2.45) is 0 Å². The number of anilines is 1. The zero-order valence-corrected chi connectivity index (χ0v) is 18.6. The van der Waals surface area contributed by atoms with Crippen molar-refractivity contribution in [2.75, 3.05) is 32.6 Å². The third-order valence-corrected chi connectivity index (χ3v) is 7.25. The maximum absolute atomic E-state index is 13.0. The van der Waals surface area contributed by atoms with Gasteiger partial charge in [-0.3, -0.25) is 4.79 Å². The number of piperidine rings is 1. The van der Waals surface area contributed by atoms with Crippen LogP contribution in [-0.4, -0.2) is 51.9 Å². The highest BCUT2D eigenvalue weighted by Gasteiger charge is 2.28. The number of methoxy groups -OCH3 is 2. The molecule has 9 heteroatoms. The molecular weight excluding hydrogens is 420 g/mol. The Hall–Kier alpha value is -2.91. The fourth-order valence-corrected chi connectivity index (χ4v) is 5.11. The van der Waals surface area contributed by atoms with Crippen LogP contribution in [-0.2, 0) is 14.8 Å². The van der Waals surface area contributed by atoms with E-state index in [2.05, 4.69) is 5.32 Å². The van der Waals surface area contributed by atoms with Gasteiger partial charge in [0.15, 0.2) is 0 Å².